The molecular formula is C17H22N4O. The molecule has 0 fully saturated rings. The molecule has 0 bridgehead atoms. The molecule has 0 radical (unpaired) electrons. The monoisotopic (exact) mass is 298 g/mol. The van der Waals surface area contributed by atoms with Crippen LogP contribution in [0.25, 0.3) is 0 Å². The van der Waals surface area contributed by atoms with Crippen LogP contribution < -0.4 is 5.32 Å². The SMILES string of the molecule is CC[C@@H](C(=O)NCCc1nnc2n1CCC2)c1ccccc1. The number of rotatable bonds is 6. The summed E-state index contributed by atoms with van der Waals surface area (Å²) in [5.41, 5.74) is 1.07. The van der Waals surface area contributed by atoms with Crippen molar-refractivity contribution in [2.45, 2.75) is 45.1 Å². The highest BCUT2D eigenvalue weighted by Gasteiger charge is 2.19. The normalized spacial score (nSPS) is 14.6. The van der Waals surface area contributed by atoms with Crippen molar-refractivity contribution in [3.05, 3.63) is 47.5 Å². The van der Waals surface area contributed by atoms with Crippen LogP contribution in [0, 0.1) is 0 Å². The molecule has 1 aromatic carbocycles. The van der Waals surface area contributed by atoms with Crippen LogP contribution in [0.3, 0.4) is 0 Å². The molecule has 116 valence electrons. The van der Waals surface area contributed by atoms with E-state index < -0.39 is 0 Å². The first kappa shape index (κ1) is 14.8. The van der Waals surface area contributed by atoms with Gasteiger partial charge in [0, 0.05) is 25.9 Å². The minimum absolute atomic E-state index is 0.0784. The third kappa shape index (κ3) is 3.03. The number of fused-ring (bicyclic) bond motifs is 1. The largest absolute Gasteiger partial charge is 0.355 e. The number of aryl methyl sites for hydroxylation is 1. The van der Waals surface area contributed by atoms with Crippen molar-refractivity contribution in [3.63, 3.8) is 0 Å². The zero-order valence-corrected chi connectivity index (χ0v) is 13.0. The van der Waals surface area contributed by atoms with E-state index in [0.717, 1.165) is 49.4 Å². The Labute approximate surface area is 130 Å². The molecule has 1 atom stereocenters. The quantitative estimate of drug-likeness (QED) is 0.888. The number of amides is 1. The van der Waals surface area contributed by atoms with Crippen molar-refractivity contribution >= 4 is 5.91 Å². The molecule has 0 saturated heterocycles. The summed E-state index contributed by atoms with van der Waals surface area (Å²) in [7, 11) is 0. The number of nitrogens with zero attached hydrogens (tertiary/aromatic N) is 3. The summed E-state index contributed by atoms with van der Waals surface area (Å²) in [5.74, 6) is 2.08. The van der Waals surface area contributed by atoms with Crippen molar-refractivity contribution in [2.24, 2.45) is 0 Å². The van der Waals surface area contributed by atoms with Crippen LogP contribution in [0.15, 0.2) is 30.3 Å². The minimum Gasteiger partial charge on any atom is -0.355 e. The highest BCUT2D eigenvalue weighted by atomic mass is 16.1. The highest BCUT2D eigenvalue weighted by molar-refractivity contribution is 5.83. The Kier molecular flexibility index (Phi) is 4.51. The van der Waals surface area contributed by atoms with Gasteiger partial charge in [-0.05, 0) is 18.4 Å². The van der Waals surface area contributed by atoms with Crippen LogP contribution >= 0.6 is 0 Å². The van der Waals surface area contributed by atoms with Crippen LogP contribution in [0.5, 0.6) is 0 Å². The number of hydrogen-bond acceptors (Lipinski definition) is 3. The molecule has 0 aliphatic carbocycles. The number of hydrogen-bond donors (Lipinski definition) is 1. The summed E-state index contributed by atoms with van der Waals surface area (Å²) >= 11 is 0. The highest BCUT2D eigenvalue weighted by Crippen LogP contribution is 2.19. The molecule has 0 saturated carbocycles. The van der Waals surface area contributed by atoms with Gasteiger partial charge < -0.3 is 9.88 Å². The Bertz CT molecular complexity index is 635. The molecule has 2 aromatic rings. The number of aromatic nitrogens is 3. The maximum Gasteiger partial charge on any atom is 0.227 e. The van der Waals surface area contributed by atoms with Gasteiger partial charge in [0.15, 0.2) is 0 Å². The van der Waals surface area contributed by atoms with Crippen molar-refractivity contribution in [3.8, 4) is 0 Å². The fraction of sp³-hybridized carbons (Fsp3) is 0.471. The Morgan fingerprint density at radius 1 is 1.32 bits per heavy atom. The minimum atomic E-state index is -0.0784. The Morgan fingerprint density at radius 2 is 2.14 bits per heavy atom. The van der Waals surface area contributed by atoms with E-state index in [2.05, 4.69) is 20.1 Å². The van der Waals surface area contributed by atoms with Crippen LogP contribution in [0.1, 0.15) is 42.9 Å². The van der Waals surface area contributed by atoms with Crippen molar-refractivity contribution in [2.75, 3.05) is 6.54 Å². The second kappa shape index (κ2) is 6.73. The van der Waals surface area contributed by atoms with E-state index in [-0.39, 0.29) is 11.8 Å². The Hall–Kier alpha value is -2.17. The molecule has 5 heteroatoms. The van der Waals surface area contributed by atoms with Gasteiger partial charge in [0.1, 0.15) is 11.6 Å². The second-order valence-corrected chi connectivity index (χ2v) is 5.70. The fourth-order valence-electron chi connectivity index (χ4n) is 3.07. The second-order valence-electron chi connectivity index (χ2n) is 5.70. The molecule has 3 rings (SSSR count). The first-order valence-electron chi connectivity index (χ1n) is 8.03. The van der Waals surface area contributed by atoms with E-state index in [1.54, 1.807) is 0 Å². The molecule has 1 aliphatic heterocycles. The average molecular weight is 298 g/mol. The van der Waals surface area contributed by atoms with E-state index in [9.17, 15) is 4.79 Å². The topological polar surface area (TPSA) is 59.8 Å². The van der Waals surface area contributed by atoms with Gasteiger partial charge in [0.25, 0.3) is 0 Å². The average Bonchev–Trinajstić information content (AvgIpc) is 3.14. The third-order valence-corrected chi connectivity index (χ3v) is 4.26. The summed E-state index contributed by atoms with van der Waals surface area (Å²) in [6.07, 6.45) is 3.71. The van der Waals surface area contributed by atoms with Crippen LogP contribution in [-0.4, -0.2) is 27.2 Å². The molecule has 0 spiro atoms. The first-order valence-corrected chi connectivity index (χ1v) is 8.03. The van der Waals surface area contributed by atoms with Crippen LogP contribution in [0.2, 0.25) is 0 Å². The van der Waals surface area contributed by atoms with Gasteiger partial charge in [-0.3, -0.25) is 4.79 Å². The van der Waals surface area contributed by atoms with Gasteiger partial charge in [-0.15, -0.1) is 10.2 Å². The molecule has 1 aliphatic rings. The van der Waals surface area contributed by atoms with Gasteiger partial charge >= 0.3 is 0 Å². The molecule has 22 heavy (non-hydrogen) atoms. The van der Waals surface area contributed by atoms with E-state index in [1.807, 2.05) is 37.3 Å². The lowest BCUT2D eigenvalue weighted by Crippen LogP contribution is -2.31. The summed E-state index contributed by atoms with van der Waals surface area (Å²) in [6.45, 7) is 3.66. The maximum absolute atomic E-state index is 12.4. The maximum atomic E-state index is 12.4. The van der Waals surface area contributed by atoms with Gasteiger partial charge in [0.2, 0.25) is 5.91 Å². The van der Waals surface area contributed by atoms with E-state index >= 15 is 0 Å². The number of carbonyl (C=O) groups excluding carboxylic acids is 1. The summed E-state index contributed by atoms with van der Waals surface area (Å²) in [6, 6.07) is 9.95. The zero-order valence-electron chi connectivity index (χ0n) is 13.0. The molecule has 0 unspecified atom stereocenters. The van der Waals surface area contributed by atoms with E-state index in [0.29, 0.717) is 6.54 Å². The molecular weight excluding hydrogens is 276 g/mol. The van der Waals surface area contributed by atoms with E-state index in [1.165, 1.54) is 0 Å². The van der Waals surface area contributed by atoms with Crippen molar-refractivity contribution < 1.29 is 4.79 Å². The third-order valence-electron chi connectivity index (χ3n) is 4.26. The van der Waals surface area contributed by atoms with Crippen LogP contribution in [-0.2, 0) is 24.2 Å². The number of benzene rings is 1. The Morgan fingerprint density at radius 3 is 2.91 bits per heavy atom. The lowest BCUT2D eigenvalue weighted by atomic mass is 9.96. The van der Waals surface area contributed by atoms with Crippen molar-refractivity contribution in [1.82, 2.24) is 20.1 Å². The smallest absolute Gasteiger partial charge is 0.227 e. The molecule has 1 N–H and O–H groups in total. The number of nitrogens with one attached hydrogen (secondary N) is 1. The first-order chi connectivity index (χ1) is 10.8. The van der Waals surface area contributed by atoms with Gasteiger partial charge in [-0.2, -0.15) is 0 Å². The lowest BCUT2D eigenvalue weighted by molar-refractivity contribution is -0.122. The van der Waals surface area contributed by atoms with E-state index in [4.69, 9.17) is 0 Å². The Balaban J connectivity index is 1.55. The molecule has 1 amide bonds. The predicted octanol–water partition coefficient (Wildman–Crippen LogP) is 2.08. The summed E-state index contributed by atoms with van der Waals surface area (Å²) < 4.78 is 2.18. The fourth-order valence-corrected chi connectivity index (χ4v) is 3.07. The summed E-state index contributed by atoms with van der Waals surface area (Å²) in [4.78, 5) is 12.4. The molecule has 2 heterocycles. The standard InChI is InChI=1S/C17H22N4O/c1-2-14(13-7-4-3-5-8-13)17(22)18-11-10-16-20-19-15-9-6-12-21(15)16/h3-5,7-8,14H,2,6,9-12H2,1H3,(H,18,22)/t14-/m1/s1. The van der Waals surface area contributed by atoms with Gasteiger partial charge in [-0.1, -0.05) is 37.3 Å². The lowest BCUT2D eigenvalue weighted by Gasteiger charge is -2.15. The zero-order chi connectivity index (χ0) is 15.4. The molecule has 5 nitrogen and oxygen atoms in total. The molecule has 1 aromatic heterocycles. The van der Waals surface area contributed by atoms with Crippen LogP contribution in [0.4, 0.5) is 0 Å². The summed E-state index contributed by atoms with van der Waals surface area (Å²) in [5, 5.41) is 11.5. The predicted molar refractivity (Wildman–Crippen MR) is 84.5 cm³/mol. The van der Waals surface area contributed by atoms with Gasteiger partial charge in [-0.25, -0.2) is 0 Å². The van der Waals surface area contributed by atoms with Gasteiger partial charge in [0.05, 0.1) is 5.92 Å². The van der Waals surface area contributed by atoms with Crippen molar-refractivity contribution in [1.29, 1.82) is 0 Å². The number of carbonyl (C=O) groups is 1.